The lowest BCUT2D eigenvalue weighted by Crippen LogP contribution is -2.25. The van der Waals surface area contributed by atoms with Gasteiger partial charge in [0.15, 0.2) is 21.4 Å². The first-order chi connectivity index (χ1) is 29.9. The molecule has 0 bridgehead atoms. The fraction of sp³-hybridized carbons (Fsp3) is 0. The Bertz CT molecular complexity index is 3020. The molecule has 1 aromatic heterocycles. The molecule has 10 rings (SSSR count). The maximum absolute atomic E-state index is 15.8. The molecule has 0 fully saturated rings. The first-order valence-electron chi connectivity index (χ1n) is 20.2. The average molecular weight is 844 g/mol. The lowest BCUT2D eigenvalue weighted by Gasteiger charge is -2.21. The van der Waals surface area contributed by atoms with E-state index in [1.54, 1.807) is 0 Å². The highest BCUT2D eigenvalue weighted by atomic mass is 31.2. The Kier molecular flexibility index (Phi) is 10.0. The first-order valence-corrected chi connectivity index (χ1v) is 25.4. The molecular weight excluding hydrogens is 804 g/mol. The molecule has 4 nitrogen and oxygen atoms in total. The summed E-state index contributed by atoms with van der Waals surface area (Å²) >= 11 is 0. The maximum Gasteiger partial charge on any atom is 0.171 e. The molecule has 0 radical (unpaired) electrons. The van der Waals surface area contributed by atoms with E-state index in [2.05, 4.69) is 28.8 Å². The van der Waals surface area contributed by atoms with Crippen LogP contribution in [-0.4, -0.2) is 4.57 Å². The number of hydrogen-bond acceptors (Lipinski definition) is 3. The normalized spacial score (nSPS) is 12.1. The third-order valence-corrected chi connectivity index (χ3v) is 20.8. The molecule has 0 spiro atoms. The standard InChI is InChI=1S/C54H40NO3P3/c56-59(42-19-7-1-8-20-42,43-21-9-2-10-22-43)48-33-31-41(32-34-48)55-53-39-49(60(57,44-23-11-3-12-24-44)45-25-13-4-14-26-45)35-37-51(53)52-38-36-50(40-54(52)55)61(58,46-27-15-5-16-28-46)47-29-17-6-18-30-47/h1-40H. The van der Waals surface area contributed by atoms with Gasteiger partial charge in [0.25, 0.3) is 0 Å². The molecule has 9 aromatic carbocycles. The molecule has 0 atom stereocenters. The van der Waals surface area contributed by atoms with E-state index in [-0.39, 0.29) is 0 Å². The smallest absolute Gasteiger partial charge is 0.171 e. The van der Waals surface area contributed by atoms with Crippen LogP contribution < -0.4 is 47.7 Å². The minimum absolute atomic E-state index is 0.704. The predicted octanol–water partition coefficient (Wildman–Crippen LogP) is 9.70. The van der Waals surface area contributed by atoms with Gasteiger partial charge in [-0.15, -0.1) is 0 Å². The van der Waals surface area contributed by atoms with Crippen molar-refractivity contribution < 1.29 is 13.7 Å². The number of benzene rings is 9. The van der Waals surface area contributed by atoms with Gasteiger partial charge in [-0.1, -0.05) is 206 Å². The molecule has 0 amide bonds. The molecule has 294 valence electrons. The zero-order valence-corrected chi connectivity index (χ0v) is 35.8. The number of hydrogen-bond donors (Lipinski definition) is 0. The van der Waals surface area contributed by atoms with Gasteiger partial charge in [-0.25, -0.2) is 0 Å². The van der Waals surface area contributed by atoms with Crippen LogP contribution in [-0.2, 0) is 13.7 Å². The highest BCUT2D eigenvalue weighted by molar-refractivity contribution is 7.86. The monoisotopic (exact) mass is 843 g/mol. The number of fused-ring (bicyclic) bond motifs is 3. The second-order valence-corrected chi connectivity index (χ2v) is 23.4. The van der Waals surface area contributed by atoms with Gasteiger partial charge in [-0.2, -0.15) is 0 Å². The summed E-state index contributed by atoms with van der Waals surface area (Å²) in [4.78, 5) is 0. The Morgan fingerprint density at radius 2 is 0.475 bits per heavy atom. The van der Waals surface area contributed by atoms with Crippen molar-refractivity contribution in [3.63, 3.8) is 0 Å². The molecule has 10 aromatic rings. The largest absolute Gasteiger partial charge is 0.309 e. The average Bonchev–Trinajstić information content (AvgIpc) is 3.68. The van der Waals surface area contributed by atoms with E-state index in [1.165, 1.54) is 0 Å². The Labute approximate surface area is 355 Å². The van der Waals surface area contributed by atoms with Crippen LogP contribution >= 0.6 is 21.4 Å². The summed E-state index contributed by atoms with van der Waals surface area (Å²) in [6.45, 7) is 0. The van der Waals surface area contributed by atoms with Gasteiger partial charge in [0.2, 0.25) is 0 Å². The van der Waals surface area contributed by atoms with Crippen molar-refractivity contribution in [2.45, 2.75) is 0 Å². The highest BCUT2D eigenvalue weighted by Gasteiger charge is 2.33. The van der Waals surface area contributed by atoms with Crippen molar-refractivity contribution in [3.8, 4) is 5.69 Å². The zero-order chi connectivity index (χ0) is 41.4. The fourth-order valence-corrected chi connectivity index (χ4v) is 16.6. The molecule has 0 N–H and O–H groups in total. The highest BCUT2D eigenvalue weighted by Crippen LogP contribution is 2.47. The Balaban J connectivity index is 1.24. The third kappa shape index (κ3) is 6.51. The third-order valence-electron chi connectivity index (χ3n) is 11.7. The van der Waals surface area contributed by atoms with Gasteiger partial charge in [0, 0.05) is 64.2 Å². The van der Waals surface area contributed by atoms with E-state index >= 15 is 13.7 Å². The molecule has 7 heteroatoms. The van der Waals surface area contributed by atoms with Gasteiger partial charge in [-0.05, 0) is 36.4 Å². The summed E-state index contributed by atoms with van der Waals surface area (Å²) in [5.74, 6) is 0. The van der Waals surface area contributed by atoms with Crippen LogP contribution in [0.2, 0.25) is 0 Å². The summed E-state index contributed by atoms with van der Waals surface area (Å²) in [5, 5.41) is 8.57. The minimum atomic E-state index is -3.34. The van der Waals surface area contributed by atoms with Crippen LogP contribution in [0.15, 0.2) is 243 Å². The van der Waals surface area contributed by atoms with E-state index in [0.717, 1.165) is 59.3 Å². The summed E-state index contributed by atoms with van der Waals surface area (Å²) in [7, 11) is -9.94. The quantitative estimate of drug-likeness (QED) is 0.129. The second kappa shape index (κ2) is 15.8. The minimum Gasteiger partial charge on any atom is -0.309 e. The molecule has 0 saturated carbocycles. The summed E-state index contributed by atoms with van der Waals surface area (Å²) < 4.78 is 49.1. The van der Waals surface area contributed by atoms with Gasteiger partial charge >= 0.3 is 0 Å². The predicted molar refractivity (Wildman–Crippen MR) is 259 cm³/mol. The Morgan fingerprint density at radius 3 is 0.754 bits per heavy atom. The summed E-state index contributed by atoms with van der Waals surface area (Å²) in [5.41, 5.74) is 2.54. The zero-order valence-electron chi connectivity index (χ0n) is 33.1. The lowest BCUT2D eigenvalue weighted by molar-refractivity contribution is 0.591. The van der Waals surface area contributed by atoms with Gasteiger partial charge in [0.05, 0.1) is 11.0 Å². The van der Waals surface area contributed by atoms with Crippen LogP contribution in [0.1, 0.15) is 0 Å². The molecular formula is C54H40NO3P3. The second-order valence-electron chi connectivity index (χ2n) is 15.1. The molecule has 0 aliphatic rings. The number of nitrogens with zero attached hydrogens (tertiary/aromatic N) is 1. The summed E-state index contributed by atoms with van der Waals surface area (Å²) in [6.07, 6.45) is 0. The van der Waals surface area contributed by atoms with Crippen LogP contribution in [0.3, 0.4) is 0 Å². The molecule has 0 aliphatic heterocycles. The molecule has 0 unspecified atom stereocenters. The lowest BCUT2D eigenvalue weighted by atomic mass is 10.1. The summed E-state index contributed by atoms with van der Waals surface area (Å²) in [6, 6.07) is 78.4. The number of aromatic nitrogens is 1. The Hall–Kier alpha value is -6.53. The van der Waals surface area contributed by atoms with E-state index < -0.39 is 21.4 Å². The fourth-order valence-electron chi connectivity index (χ4n) is 8.65. The Morgan fingerprint density at radius 1 is 0.246 bits per heavy atom. The van der Waals surface area contributed by atoms with Crippen LogP contribution in [0.4, 0.5) is 0 Å². The van der Waals surface area contributed by atoms with E-state index in [4.69, 9.17) is 0 Å². The first kappa shape index (κ1) is 38.7. The van der Waals surface area contributed by atoms with Crippen molar-refractivity contribution >= 4 is 91.0 Å². The van der Waals surface area contributed by atoms with Crippen molar-refractivity contribution in [2.75, 3.05) is 0 Å². The van der Waals surface area contributed by atoms with Gasteiger partial charge < -0.3 is 18.3 Å². The molecule has 61 heavy (non-hydrogen) atoms. The van der Waals surface area contributed by atoms with Crippen LogP contribution in [0.5, 0.6) is 0 Å². The van der Waals surface area contributed by atoms with Gasteiger partial charge in [0.1, 0.15) is 0 Å². The van der Waals surface area contributed by atoms with Gasteiger partial charge in [-0.3, -0.25) is 0 Å². The SMILES string of the molecule is O=P(c1ccccc1)(c1ccccc1)c1ccc(-n2c3cc(P(=O)(c4ccccc4)c4ccccc4)ccc3c3ccc(P(=O)(c4ccccc4)c4ccccc4)cc32)cc1. The van der Waals surface area contributed by atoms with Crippen molar-refractivity contribution in [1.29, 1.82) is 0 Å². The van der Waals surface area contributed by atoms with E-state index in [9.17, 15) is 0 Å². The van der Waals surface area contributed by atoms with Crippen molar-refractivity contribution in [1.82, 2.24) is 4.57 Å². The van der Waals surface area contributed by atoms with Crippen LogP contribution in [0.25, 0.3) is 27.5 Å². The topological polar surface area (TPSA) is 56.1 Å². The molecule has 0 aliphatic carbocycles. The van der Waals surface area contributed by atoms with Crippen molar-refractivity contribution in [2.24, 2.45) is 0 Å². The van der Waals surface area contributed by atoms with Crippen molar-refractivity contribution in [3.05, 3.63) is 243 Å². The van der Waals surface area contributed by atoms with Crippen LogP contribution in [0, 0.1) is 0 Å². The van der Waals surface area contributed by atoms with E-state index in [1.807, 2.05) is 218 Å². The van der Waals surface area contributed by atoms with E-state index in [0.29, 0.717) is 15.9 Å². The number of rotatable bonds is 10. The molecule has 1 heterocycles. The maximum atomic E-state index is 15.8. The molecule has 0 saturated heterocycles.